The summed E-state index contributed by atoms with van der Waals surface area (Å²) in [6.45, 7) is 1.76. The monoisotopic (exact) mass is 256 g/mol. The minimum Gasteiger partial charge on any atom is -0.428 e. The van der Waals surface area contributed by atoms with Crippen molar-refractivity contribution in [3.8, 4) is 11.3 Å². The van der Waals surface area contributed by atoms with E-state index in [1.165, 1.54) is 18.2 Å². The number of benzene rings is 1. The van der Waals surface area contributed by atoms with E-state index >= 15 is 0 Å². The SMILES string of the molecule is CCc1oc(N)nc1-c1ccccc1C(F)(F)F. The molecule has 0 aliphatic carbocycles. The third kappa shape index (κ3) is 2.18. The summed E-state index contributed by atoms with van der Waals surface area (Å²) < 4.78 is 43.7. The first-order valence-corrected chi connectivity index (χ1v) is 5.35. The van der Waals surface area contributed by atoms with Gasteiger partial charge in [0.05, 0.1) is 5.56 Å². The Balaban J connectivity index is 2.64. The number of hydrogen-bond donors (Lipinski definition) is 1. The summed E-state index contributed by atoms with van der Waals surface area (Å²) in [4.78, 5) is 3.84. The van der Waals surface area contributed by atoms with Gasteiger partial charge in [-0.25, -0.2) is 0 Å². The molecule has 6 heteroatoms. The van der Waals surface area contributed by atoms with E-state index in [0.29, 0.717) is 12.2 Å². The fourth-order valence-electron chi connectivity index (χ4n) is 1.76. The van der Waals surface area contributed by atoms with E-state index in [1.807, 2.05) is 0 Å². The van der Waals surface area contributed by atoms with Gasteiger partial charge in [-0.1, -0.05) is 25.1 Å². The number of nitrogen functional groups attached to an aromatic ring is 1. The van der Waals surface area contributed by atoms with Crippen LogP contribution in [0.15, 0.2) is 28.7 Å². The van der Waals surface area contributed by atoms with Crippen molar-refractivity contribution in [2.24, 2.45) is 0 Å². The molecule has 0 bridgehead atoms. The summed E-state index contributed by atoms with van der Waals surface area (Å²) in [6, 6.07) is 5.11. The van der Waals surface area contributed by atoms with Crippen molar-refractivity contribution in [3.05, 3.63) is 35.6 Å². The first-order valence-electron chi connectivity index (χ1n) is 5.35. The van der Waals surface area contributed by atoms with Gasteiger partial charge in [0, 0.05) is 12.0 Å². The van der Waals surface area contributed by atoms with Crippen molar-refractivity contribution in [2.75, 3.05) is 5.73 Å². The number of aromatic nitrogens is 1. The predicted octanol–water partition coefficient (Wildman–Crippen LogP) is 3.51. The second kappa shape index (κ2) is 4.36. The molecule has 0 aliphatic rings. The Hall–Kier alpha value is -1.98. The summed E-state index contributed by atoms with van der Waals surface area (Å²) in [5, 5.41) is 0. The molecular formula is C12H11F3N2O. The normalized spacial score (nSPS) is 11.8. The third-order valence-electron chi connectivity index (χ3n) is 2.52. The molecule has 2 N–H and O–H groups in total. The van der Waals surface area contributed by atoms with Crippen LogP contribution in [-0.2, 0) is 12.6 Å². The fraction of sp³-hybridized carbons (Fsp3) is 0.250. The van der Waals surface area contributed by atoms with Gasteiger partial charge in [0.15, 0.2) is 0 Å². The van der Waals surface area contributed by atoms with Crippen molar-refractivity contribution in [1.29, 1.82) is 0 Å². The maximum Gasteiger partial charge on any atom is 0.417 e. The summed E-state index contributed by atoms with van der Waals surface area (Å²) in [6.07, 6.45) is -4.01. The van der Waals surface area contributed by atoms with Gasteiger partial charge in [-0.05, 0) is 6.07 Å². The maximum absolute atomic E-state index is 12.9. The molecule has 0 fully saturated rings. The average molecular weight is 256 g/mol. The van der Waals surface area contributed by atoms with E-state index < -0.39 is 11.7 Å². The lowest BCUT2D eigenvalue weighted by Gasteiger charge is -2.11. The van der Waals surface area contributed by atoms with Crippen LogP contribution in [0.1, 0.15) is 18.2 Å². The van der Waals surface area contributed by atoms with E-state index in [2.05, 4.69) is 4.98 Å². The Morgan fingerprint density at radius 2 is 1.94 bits per heavy atom. The Morgan fingerprint density at radius 3 is 2.56 bits per heavy atom. The number of anilines is 1. The molecule has 0 spiro atoms. The Labute approximate surface area is 101 Å². The predicted molar refractivity (Wildman–Crippen MR) is 60.7 cm³/mol. The first-order chi connectivity index (χ1) is 8.43. The highest BCUT2D eigenvalue weighted by Crippen LogP contribution is 2.38. The molecular weight excluding hydrogens is 245 g/mol. The molecule has 18 heavy (non-hydrogen) atoms. The van der Waals surface area contributed by atoms with E-state index in [9.17, 15) is 13.2 Å². The number of oxazole rings is 1. The van der Waals surface area contributed by atoms with E-state index in [0.717, 1.165) is 6.07 Å². The molecule has 1 aromatic carbocycles. The highest BCUT2D eigenvalue weighted by Gasteiger charge is 2.34. The number of rotatable bonds is 2. The smallest absolute Gasteiger partial charge is 0.417 e. The second-order valence-corrected chi connectivity index (χ2v) is 3.72. The van der Waals surface area contributed by atoms with Crippen LogP contribution in [0.3, 0.4) is 0 Å². The van der Waals surface area contributed by atoms with E-state index in [-0.39, 0.29) is 17.3 Å². The summed E-state index contributed by atoms with van der Waals surface area (Å²) in [5.74, 6) is 0.351. The maximum atomic E-state index is 12.9. The third-order valence-corrected chi connectivity index (χ3v) is 2.52. The lowest BCUT2D eigenvalue weighted by molar-refractivity contribution is -0.137. The fourth-order valence-corrected chi connectivity index (χ4v) is 1.76. The van der Waals surface area contributed by atoms with Gasteiger partial charge >= 0.3 is 6.18 Å². The molecule has 2 aromatic rings. The van der Waals surface area contributed by atoms with Crippen LogP contribution in [0.25, 0.3) is 11.3 Å². The van der Waals surface area contributed by atoms with Crippen LogP contribution in [0.4, 0.5) is 19.2 Å². The summed E-state index contributed by atoms with van der Waals surface area (Å²) in [5.41, 5.74) is 4.79. The van der Waals surface area contributed by atoms with Gasteiger partial charge in [0.1, 0.15) is 11.5 Å². The van der Waals surface area contributed by atoms with Crippen molar-refractivity contribution >= 4 is 6.01 Å². The zero-order valence-electron chi connectivity index (χ0n) is 9.58. The van der Waals surface area contributed by atoms with Crippen LogP contribution >= 0.6 is 0 Å². The molecule has 1 heterocycles. The zero-order chi connectivity index (χ0) is 13.3. The summed E-state index contributed by atoms with van der Waals surface area (Å²) in [7, 11) is 0. The van der Waals surface area contributed by atoms with Gasteiger partial charge in [-0.3, -0.25) is 0 Å². The quantitative estimate of drug-likeness (QED) is 0.894. The van der Waals surface area contributed by atoms with Gasteiger partial charge in [0.25, 0.3) is 6.01 Å². The van der Waals surface area contributed by atoms with Gasteiger partial charge < -0.3 is 10.2 Å². The van der Waals surface area contributed by atoms with Crippen molar-refractivity contribution < 1.29 is 17.6 Å². The van der Waals surface area contributed by atoms with E-state index in [4.69, 9.17) is 10.2 Å². The molecule has 0 amide bonds. The van der Waals surface area contributed by atoms with E-state index in [1.54, 1.807) is 6.92 Å². The number of alkyl halides is 3. The number of nitrogens with two attached hydrogens (primary N) is 1. The van der Waals surface area contributed by atoms with Crippen molar-refractivity contribution in [1.82, 2.24) is 4.98 Å². The number of hydrogen-bond acceptors (Lipinski definition) is 3. The Morgan fingerprint density at radius 1 is 1.28 bits per heavy atom. The summed E-state index contributed by atoms with van der Waals surface area (Å²) >= 11 is 0. The standard InChI is InChI=1S/C12H11F3N2O/c1-2-9-10(17-11(16)18-9)7-5-3-4-6-8(7)12(13,14)15/h3-6H,2H2,1H3,(H2,16,17). The van der Waals surface area contributed by atoms with Crippen molar-refractivity contribution in [2.45, 2.75) is 19.5 Å². The minimum absolute atomic E-state index is 0.0118. The highest BCUT2D eigenvalue weighted by molar-refractivity contribution is 5.67. The number of aryl methyl sites for hydroxylation is 1. The molecule has 0 saturated carbocycles. The van der Waals surface area contributed by atoms with Gasteiger partial charge in [0.2, 0.25) is 0 Å². The Kier molecular flexibility index (Phi) is 3.02. The van der Waals surface area contributed by atoms with Crippen molar-refractivity contribution in [3.63, 3.8) is 0 Å². The van der Waals surface area contributed by atoms with Crippen LogP contribution in [-0.4, -0.2) is 4.98 Å². The molecule has 3 nitrogen and oxygen atoms in total. The molecule has 0 radical (unpaired) electrons. The number of halogens is 3. The second-order valence-electron chi connectivity index (χ2n) is 3.72. The lowest BCUT2D eigenvalue weighted by Crippen LogP contribution is -2.07. The molecule has 0 aliphatic heterocycles. The molecule has 2 rings (SSSR count). The topological polar surface area (TPSA) is 52.0 Å². The molecule has 96 valence electrons. The zero-order valence-corrected chi connectivity index (χ0v) is 9.58. The average Bonchev–Trinajstić information content (AvgIpc) is 2.69. The Bertz CT molecular complexity index is 561. The largest absolute Gasteiger partial charge is 0.428 e. The molecule has 0 saturated heterocycles. The van der Waals surface area contributed by atoms with Crippen LogP contribution in [0, 0.1) is 0 Å². The minimum atomic E-state index is -4.44. The van der Waals surface area contributed by atoms with Crippen LogP contribution in [0.5, 0.6) is 0 Å². The molecule has 0 atom stereocenters. The molecule has 0 unspecified atom stereocenters. The first kappa shape index (κ1) is 12.5. The van der Waals surface area contributed by atoms with Gasteiger partial charge in [-0.2, -0.15) is 18.2 Å². The molecule has 1 aromatic heterocycles. The van der Waals surface area contributed by atoms with Gasteiger partial charge in [-0.15, -0.1) is 0 Å². The highest BCUT2D eigenvalue weighted by atomic mass is 19.4. The van der Waals surface area contributed by atoms with Crippen LogP contribution < -0.4 is 5.73 Å². The number of nitrogens with zero attached hydrogens (tertiary/aromatic N) is 1. The van der Waals surface area contributed by atoms with Crippen LogP contribution in [0.2, 0.25) is 0 Å². The lowest BCUT2D eigenvalue weighted by atomic mass is 10.0.